The van der Waals surface area contributed by atoms with Crippen LogP contribution in [0.15, 0.2) is 34.9 Å². The van der Waals surface area contributed by atoms with E-state index in [1.165, 1.54) is 29.2 Å². The summed E-state index contributed by atoms with van der Waals surface area (Å²) in [5.74, 6) is 0.157. The maximum absolute atomic E-state index is 12.8. The van der Waals surface area contributed by atoms with Gasteiger partial charge < -0.3 is 9.42 Å². The first-order valence-electron chi connectivity index (χ1n) is 5.49. The summed E-state index contributed by atoms with van der Waals surface area (Å²) in [6.07, 6.45) is 0. The quantitative estimate of drug-likeness (QED) is 0.837. The van der Waals surface area contributed by atoms with E-state index in [0.29, 0.717) is 23.6 Å². The number of benzene rings is 1. The van der Waals surface area contributed by atoms with E-state index in [1.807, 2.05) is 0 Å². The lowest BCUT2D eigenvalue weighted by molar-refractivity contribution is 0.0782. The Balaban J connectivity index is 2.07. The number of carbonyl (C=O) groups is 1. The average molecular weight is 248 g/mol. The SMILES string of the molecule is Cc1cc(CN(C)C(=O)c2ccc(F)cc2)no1. The van der Waals surface area contributed by atoms with Gasteiger partial charge in [-0.1, -0.05) is 5.16 Å². The second kappa shape index (κ2) is 5.00. The molecule has 0 saturated heterocycles. The molecule has 5 heteroatoms. The van der Waals surface area contributed by atoms with Gasteiger partial charge in [0.25, 0.3) is 5.91 Å². The third-order valence-corrected chi connectivity index (χ3v) is 2.51. The van der Waals surface area contributed by atoms with Crippen LogP contribution in [0.4, 0.5) is 4.39 Å². The number of hydrogen-bond acceptors (Lipinski definition) is 3. The second-order valence-electron chi connectivity index (χ2n) is 4.10. The van der Waals surface area contributed by atoms with Crippen LogP contribution < -0.4 is 0 Å². The molecule has 0 aliphatic carbocycles. The molecule has 0 saturated carbocycles. The molecule has 1 heterocycles. The van der Waals surface area contributed by atoms with Gasteiger partial charge in [-0.2, -0.15) is 0 Å². The molecule has 0 atom stereocenters. The van der Waals surface area contributed by atoms with Crippen LogP contribution in [0.25, 0.3) is 0 Å². The zero-order valence-electron chi connectivity index (χ0n) is 10.2. The summed E-state index contributed by atoms with van der Waals surface area (Å²) in [7, 11) is 1.66. The maximum atomic E-state index is 12.8. The minimum absolute atomic E-state index is 0.185. The lowest BCUT2D eigenvalue weighted by atomic mass is 10.2. The highest BCUT2D eigenvalue weighted by atomic mass is 19.1. The van der Waals surface area contributed by atoms with E-state index < -0.39 is 0 Å². The Morgan fingerprint density at radius 1 is 1.39 bits per heavy atom. The molecule has 4 nitrogen and oxygen atoms in total. The van der Waals surface area contributed by atoms with E-state index >= 15 is 0 Å². The Bertz CT molecular complexity index is 548. The van der Waals surface area contributed by atoms with Gasteiger partial charge in [-0.15, -0.1) is 0 Å². The predicted molar refractivity (Wildman–Crippen MR) is 63.4 cm³/mol. The molecule has 0 aliphatic heterocycles. The third-order valence-electron chi connectivity index (χ3n) is 2.51. The number of carbonyl (C=O) groups excluding carboxylic acids is 1. The number of aromatic nitrogens is 1. The molecule has 18 heavy (non-hydrogen) atoms. The fraction of sp³-hybridized carbons (Fsp3) is 0.231. The van der Waals surface area contributed by atoms with Gasteiger partial charge in [0.15, 0.2) is 0 Å². The molecule has 1 aromatic heterocycles. The Hall–Kier alpha value is -2.17. The van der Waals surface area contributed by atoms with Crippen LogP contribution >= 0.6 is 0 Å². The van der Waals surface area contributed by atoms with Crippen molar-refractivity contribution in [3.05, 3.63) is 53.2 Å². The molecule has 0 fully saturated rings. The molecule has 0 aliphatic rings. The van der Waals surface area contributed by atoms with Crippen molar-refractivity contribution in [3.8, 4) is 0 Å². The van der Waals surface area contributed by atoms with Crippen LogP contribution in [0.1, 0.15) is 21.8 Å². The number of halogens is 1. The summed E-state index contributed by atoms with van der Waals surface area (Å²) in [5.41, 5.74) is 1.13. The van der Waals surface area contributed by atoms with Crippen molar-refractivity contribution in [2.45, 2.75) is 13.5 Å². The molecule has 1 amide bonds. The lowest BCUT2D eigenvalue weighted by Gasteiger charge is -2.15. The molecule has 2 aromatic rings. The molecule has 94 valence electrons. The van der Waals surface area contributed by atoms with Crippen molar-refractivity contribution < 1.29 is 13.7 Å². The second-order valence-corrected chi connectivity index (χ2v) is 4.10. The van der Waals surface area contributed by atoms with Gasteiger partial charge in [0.05, 0.1) is 6.54 Å². The van der Waals surface area contributed by atoms with Crippen LogP contribution in [-0.2, 0) is 6.54 Å². The van der Waals surface area contributed by atoms with Gasteiger partial charge in [-0.05, 0) is 31.2 Å². The van der Waals surface area contributed by atoms with Crippen molar-refractivity contribution in [1.29, 1.82) is 0 Å². The first-order chi connectivity index (χ1) is 8.56. The van der Waals surface area contributed by atoms with Crippen LogP contribution in [0.2, 0.25) is 0 Å². The Morgan fingerprint density at radius 3 is 2.61 bits per heavy atom. The van der Waals surface area contributed by atoms with E-state index in [2.05, 4.69) is 5.16 Å². The van der Waals surface area contributed by atoms with Gasteiger partial charge in [-0.3, -0.25) is 4.79 Å². The summed E-state index contributed by atoms with van der Waals surface area (Å²) >= 11 is 0. The fourth-order valence-electron chi connectivity index (χ4n) is 1.62. The molecule has 2 rings (SSSR count). The number of rotatable bonds is 3. The van der Waals surface area contributed by atoms with Crippen LogP contribution in [0, 0.1) is 12.7 Å². The smallest absolute Gasteiger partial charge is 0.253 e. The molecule has 0 radical (unpaired) electrons. The predicted octanol–water partition coefficient (Wildman–Crippen LogP) is 2.39. The normalized spacial score (nSPS) is 10.4. The van der Waals surface area contributed by atoms with Crippen molar-refractivity contribution in [3.63, 3.8) is 0 Å². The lowest BCUT2D eigenvalue weighted by Crippen LogP contribution is -2.26. The van der Waals surface area contributed by atoms with Crippen LogP contribution in [0.5, 0.6) is 0 Å². The Morgan fingerprint density at radius 2 is 2.06 bits per heavy atom. The van der Waals surface area contributed by atoms with Crippen molar-refractivity contribution in [2.75, 3.05) is 7.05 Å². The number of aryl methyl sites for hydroxylation is 1. The summed E-state index contributed by atoms with van der Waals surface area (Å²) in [4.78, 5) is 13.5. The zero-order chi connectivity index (χ0) is 13.1. The van der Waals surface area contributed by atoms with E-state index in [4.69, 9.17) is 4.52 Å². The summed E-state index contributed by atoms with van der Waals surface area (Å²) in [6, 6.07) is 7.22. The van der Waals surface area contributed by atoms with E-state index in [0.717, 1.165) is 0 Å². The monoisotopic (exact) mass is 248 g/mol. The topological polar surface area (TPSA) is 46.3 Å². The van der Waals surface area contributed by atoms with Crippen molar-refractivity contribution in [1.82, 2.24) is 10.1 Å². The fourth-order valence-corrected chi connectivity index (χ4v) is 1.62. The Kier molecular flexibility index (Phi) is 3.41. The molecule has 0 N–H and O–H groups in total. The van der Waals surface area contributed by atoms with Gasteiger partial charge in [-0.25, -0.2) is 4.39 Å². The molecule has 0 bridgehead atoms. The van der Waals surface area contributed by atoms with Gasteiger partial charge in [0.2, 0.25) is 0 Å². The highest BCUT2D eigenvalue weighted by molar-refractivity contribution is 5.93. The molecule has 0 spiro atoms. The number of amides is 1. The number of nitrogens with zero attached hydrogens (tertiary/aromatic N) is 2. The summed E-state index contributed by atoms with van der Waals surface area (Å²) in [5, 5.41) is 3.82. The highest BCUT2D eigenvalue weighted by Gasteiger charge is 2.13. The van der Waals surface area contributed by atoms with E-state index in [-0.39, 0.29) is 11.7 Å². The highest BCUT2D eigenvalue weighted by Crippen LogP contribution is 2.09. The van der Waals surface area contributed by atoms with Gasteiger partial charge >= 0.3 is 0 Å². The van der Waals surface area contributed by atoms with Gasteiger partial charge in [0, 0.05) is 18.7 Å². The molecule has 0 unspecified atom stereocenters. The number of hydrogen-bond donors (Lipinski definition) is 0. The van der Waals surface area contributed by atoms with E-state index in [9.17, 15) is 9.18 Å². The minimum atomic E-state index is -0.360. The molecular weight excluding hydrogens is 235 g/mol. The Labute approximate surface area is 104 Å². The average Bonchev–Trinajstić information content (AvgIpc) is 2.75. The molecular formula is C13H13FN2O2. The summed E-state index contributed by atoms with van der Waals surface area (Å²) in [6.45, 7) is 2.14. The van der Waals surface area contributed by atoms with E-state index in [1.54, 1.807) is 20.0 Å². The summed E-state index contributed by atoms with van der Waals surface area (Å²) < 4.78 is 17.7. The first-order valence-corrected chi connectivity index (χ1v) is 5.49. The van der Waals surface area contributed by atoms with Crippen molar-refractivity contribution in [2.24, 2.45) is 0 Å². The van der Waals surface area contributed by atoms with Crippen LogP contribution in [0.3, 0.4) is 0 Å². The van der Waals surface area contributed by atoms with Gasteiger partial charge in [0.1, 0.15) is 17.3 Å². The standard InChI is InChI=1S/C13H13FN2O2/c1-9-7-12(15-18-9)8-16(2)13(17)10-3-5-11(14)6-4-10/h3-7H,8H2,1-2H3. The minimum Gasteiger partial charge on any atom is -0.361 e. The first kappa shape index (κ1) is 12.3. The molecule has 1 aromatic carbocycles. The zero-order valence-corrected chi connectivity index (χ0v) is 10.2. The van der Waals surface area contributed by atoms with Crippen molar-refractivity contribution >= 4 is 5.91 Å². The third kappa shape index (κ3) is 2.74. The largest absolute Gasteiger partial charge is 0.361 e. The maximum Gasteiger partial charge on any atom is 0.253 e. The van der Waals surface area contributed by atoms with Crippen LogP contribution in [-0.4, -0.2) is 23.0 Å².